The van der Waals surface area contributed by atoms with E-state index in [0.717, 1.165) is 6.92 Å². The van der Waals surface area contributed by atoms with Gasteiger partial charge in [0.05, 0.1) is 12.5 Å². The summed E-state index contributed by atoms with van der Waals surface area (Å²) in [5.41, 5.74) is 0.168. The van der Waals surface area contributed by atoms with Crippen LogP contribution in [0.5, 0.6) is 0 Å². The fourth-order valence-electron chi connectivity index (χ4n) is 1.62. The summed E-state index contributed by atoms with van der Waals surface area (Å²) in [5, 5.41) is 2.09. The van der Waals surface area contributed by atoms with Gasteiger partial charge in [-0.3, -0.25) is 4.79 Å². The van der Waals surface area contributed by atoms with Crippen molar-refractivity contribution in [2.45, 2.75) is 26.1 Å². The van der Waals surface area contributed by atoms with Crippen molar-refractivity contribution in [3.8, 4) is 0 Å². The Morgan fingerprint density at radius 1 is 1.24 bits per heavy atom. The van der Waals surface area contributed by atoms with E-state index in [4.69, 9.17) is 0 Å². The van der Waals surface area contributed by atoms with Crippen LogP contribution in [0.15, 0.2) is 30.3 Å². The van der Waals surface area contributed by atoms with Gasteiger partial charge in [0.25, 0.3) is 5.91 Å². The lowest BCUT2D eigenvalue weighted by molar-refractivity contribution is -0.186. The van der Waals surface area contributed by atoms with Crippen LogP contribution in [-0.4, -0.2) is 30.7 Å². The van der Waals surface area contributed by atoms with Gasteiger partial charge in [-0.05, 0) is 19.1 Å². The molecule has 2 atom stereocenters. The minimum atomic E-state index is -4.62. The number of ether oxygens (including phenoxy) is 1. The quantitative estimate of drug-likeness (QED) is 0.851. The molecule has 0 aliphatic rings. The van der Waals surface area contributed by atoms with Gasteiger partial charge in [-0.15, -0.1) is 0 Å². The molecule has 1 amide bonds. The first-order chi connectivity index (χ1) is 9.77. The van der Waals surface area contributed by atoms with E-state index in [-0.39, 0.29) is 12.2 Å². The zero-order valence-electron chi connectivity index (χ0n) is 11.6. The van der Waals surface area contributed by atoms with E-state index in [0.29, 0.717) is 0 Å². The first-order valence-corrected chi connectivity index (χ1v) is 6.36. The molecule has 0 saturated carbocycles. The lowest BCUT2D eigenvalue weighted by atomic mass is 10.0. The lowest BCUT2D eigenvalue weighted by Gasteiger charge is -2.25. The molecular weight excluding hydrogens is 287 g/mol. The van der Waals surface area contributed by atoms with Gasteiger partial charge < -0.3 is 10.1 Å². The fraction of sp³-hybridized carbons (Fsp3) is 0.429. The van der Waals surface area contributed by atoms with Gasteiger partial charge >= 0.3 is 12.1 Å². The molecule has 0 aliphatic heterocycles. The Labute approximate surface area is 120 Å². The minimum absolute atomic E-state index is 0.0683. The number of rotatable bonds is 5. The van der Waals surface area contributed by atoms with Crippen LogP contribution in [0.1, 0.15) is 24.2 Å². The molecule has 1 rings (SSSR count). The smallest absolute Gasteiger partial charge is 0.394 e. The third kappa shape index (κ3) is 4.77. The van der Waals surface area contributed by atoms with Crippen LogP contribution >= 0.6 is 0 Å². The highest BCUT2D eigenvalue weighted by Crippen LogP contribution is 2.29. The minimum Gasteiger partial charge on any atom is -0.464 e. The van der Waals surface area contributed by atoms with E-state index in [1.807, 2.05) is 0 Å². The van der Waals surface area contributed by atoms with E-state index in [1.54, 1.807) is 18.2 Å². The molecule has 0 heterocycles. The van der Waals surface area contributed by atoms with Crippen LogP contribution in [0.2, 0.25) is 0 Å². The van der Waals surface area contributed by atoms with Crippen LogP contribution in [0.25, 0.3) is 0 Å². The van der Waals surface area contributed by atoms with Crippen LogP contribution in [-0.2, 0) is 9.53 Å². The summed E-state index contributed by atoms with van der Waals surface area (Å²) < 4.78 is 43.0. The highest BCUT2D eigenvalue weighted by atomic mass is 19.4. The van der Waals surface area contributed by atoms with Gasteiger partial charge in [-0.2, -0.15) is 13.2 Å². The third-order valence-electron chi connectivity index (χ3n) is 2.88. The SMILES string of the molecule is CCOC(=O)C(NC(=O)c1ccccc1)C(C)C(F)(F)F. The molecule has 1 aromatic carbocycles. The molecule has 7 heteroatoms. The Balaban J connectivity index is 2.92. The normalized spacial score (nSPS) is 14.1. The first-order valence-electron chi connectivity index (χ1n) is 6.36. The molecular formula is C14H16F3NO3. The lowest BCUT2D eigenvalue weighted by Crippen LogP contribution is -2.50. The van der Waals surface area contributed by atoms with Crippen LogP contribution in [0, 0.1) is 5.92 Å². The molecule has 0 saturated heterocycles. The van der Waals surface area contributed by atoms with Gasteiger partial charge in [0, 0.05) is 5.56 Å². The molecule has 2 unspecified atom stereocenters. The number of esters is 1. The zero-order chi connectivity index (χ0) is 16.0. The Morgan fingerprint density at radius 2 is 1.81 bits per heavy atom. The van der Waals surface area contributed by atoms with Crippen molar-refractivity contribution in [2.75, 3.05) is 6.61 Å². The average Bonchev–Trinajstić information content (AvgIpc) is 2.44. The summed E-state index contributed by atoms with van der Waals surface area (Å²) in [4.78, 5) is 23.6. The number of carbonyl (C=O) groups is 2. The second kappa shape index (κ2) is 7.10. The summed E-state index contributed by atoms with van der Waals surface area (Å²) in [6.45, 7) is 2.24. The summed E-state index contributed by atoms with van der Waals surface area (Å²) in [6.07, 6.45) is -4.62. The molecule has 1 N–H and O–H groups in total. The number of alkyl halides is 3. The number of hydrogen-bond donors (Lipinski definition) is 1. The Hall–Kier alpha value is -2.05. The highest BCUT2D eigenvalue weighted by Gasteiger charge is 2.45. The predicted molar refractivity (Wildman–Crippen MR) is 69.5 cm³/mol. The maximum absolute atomic E-state index is 12.8. The molecule has 116 valence electrons. The van der Waals surface area contributed by atoms with Gasteiger partial charge in [-0.1, -0.05) is 25.1 Å². The number of benzene rings is 1. The first kappa shape index (κ1) is 17.0. The number of hydrogen-bond acceptors (Lipinski definition) is 3. The molecule has 0 fully saturated rings. The molecule has 0 spiro atoms. The van der Waals surface area contributed by atoms with Gasteiger partial charge in [-0.25, -0.2) is 4.79 Å². The number of nitrogens with one attached hydrogen (secondary N) is 1. The fourth-order valence-corrected chi connectivity index (χ4v) is 1.62. The maximum atomic E-state index is 12.8. The van der Waals surface area contributed by atoms with E-state index in [1.165, 1.54) is 19.1 Å². The topological polar surface area (TPSA) is 55.4 Å². The molecule has 0 bridgehead atoms. The van der Waals surface area contributed by atoms with E-state index < -0.39 is 30.0 Å². The second-order valence-corrected chi connectivity index (χ2v) is 4.40. The maximum Gasteiger partial charge on any atom is 0.394 e. The highest BCUT2D eigenvalue weighted by molar-refractivity contribution is 5.96. The van der Waals surface area contributed by atoms with Crippen molar-refractivity contribution in [3.63, 3.8) is 0 Å². The Bertz CT molecular complexity index is 488. The monoisotopic (exact) mass is 303 g/mol. The van der Waals surface area contributed by atoms with Crippen molar-refractivity contribution >= 4 is 11.9 Å². The van der Waals surface area contributed by atoms with Gasteiger partial charge in [0.1, 0.15) is 6.04 Å². The van der Waals surface area contributed by atoms with E-state index in [9.17, 15) is 22.8 Å². The van der Waals surface area contributed by atoms with Crippen LogP contribution in [0.3, 0.4) is 0 Å². The third-order valence-corrected chi connectivity index (χ3v) is 2.88. The molecule has 4 nitrogen and oxygen atoms in total. The zero-order valence-corrected chi connectivity index (χ0v) is 11.6. The molecule has 21 heavy (non-hydrogen) atoms. The second-order valence-electron chi connectivity index (χ2n) is 4.40. The van der Waals surface area contributed by atoms with E-state index >= 15 is 0 Å². The Morgan fingerprint density at radius 3 is 2.29 bits per heavy atom. The molecule has 0 aliphatic carbocycles. The average molecular weight is 303 g/mol. The van der Waals surface area contributed by atoms with Gasteiger partial charge in [0.2, 0.25) is 0 Å². The standard InChI is InChI=1S/C14H16F3NO3/c1-3-21-13(20)11(9(2)14(15,16)17)18-12(19)10-7-5-4-6-8-10/h4-9,11H,3H2,1-2H3,(H,18,19). The summed E-state index contributed by atoms with van der Waals surface area (Å²) in [7, 11) is 0. The molecule has 1 aromatic rings. The number of amides is 1. The van der Waals surface area contributed by atoms with Crippen LogP contribution < -0.4 is 5.32 Å². The van der Waals surface area contributed by atoms with Crippen molar-refractivity contribution < 1.29 is 27.5 Å². The van der Waals surface area contributed by atoms with Crippen molar-refractivity contribution in [2.24, 2.45) is 5.92 Å². The van der Waals surface area contributed by atoms with Crippen molar-refractivity contribution in [1.29, 1.82) is 0 Å². The summed E-state index contributed by atoms with van der Waals surface area (Å²) in [5.74, 6) is -3.92. The van der Waals surface area contributed by atoms with E-state index in [2.05, 4.69) is 10.1 Å². The van der Waals surface area contributed by atoms with Gasteiger partial charge in [0.15, 0.2) is 0 Å². The summed E-state index contributed by atoms with van der Waals surface area (Å²) >= 11 is 0. The predicted octanol–water partition coefficient (Wildman–Crippen LogP) is 2.55. The molecule has 0 radical (unpaired) electrons. The van der Waals surface area contributed by atoms with Crippen molar-refractivity contribution in [1.82, 2.24) is 5.32 Å². The largest absolute Gasteiger partial charge is 0.464 e. The molecule has 0 aromatic heterocycles. The van der Waals surface area contributed by atoms with Crippen molar-refractivity contribution in [3.05, 3.63) is 35.9 Å². The number of carbonyl (C=O) groups excluding carboxylic acids is 2. The Kier molecular flexibility index (Phi) is 5.75. The number of halogens is 3. The summed E-state index contributed by atoms with van der Waals surface area (Å²) in [6, 6.07) is 5.91. The van der Waals surface area contributed by atoms with Crippen LogP contribution in [0.4, 0.5) is 13.2 Å².